The van der Waals surface area contributed by atoms with Crippen LogP contribution in [0.4, 0.5) is 5.69 Å². The molecule has 4 N–H and O–H groups in total. The van der Waals surface area contributed by atoms with Gasteiger partial charge in [-0.3, -0.25) is 5.41 Å². The van der Waals surface area contributed by atoms with E-state index < -0.39 is 0 Å². The standard InChI is InChI=1S/C25H24IN3O2/c1-30-21-12-15(11-19(26)24(21)31-2)23-18-9-13-5-3-4-6-16(13)22(18)17-10-14(25(27)28)7-8-20(17)29-23/h3-8,10-12,18,22-23,29H,9H2,1-2H3,(H3,27,28). The molecule has 0 saturated carbocycles. The van der Waals surface area contributed by atoms with Crippen molar-refractivity contribution in [2.24, 2.45) is 11.7 Å². The topological polar surface area (TPSA) is 80.4 Å². The molecule has 0 amide bonds. The van der Waals surface area contributed by atoms with E-state index in [9.17, 15) is 0 Å². The van der Waals surface area contributed by atoms with Crippen molar-refractivity contribution in [3.05, 3.63) is 86.0 Å². The number of fused-ring (bicyclic) bond motifs is 5. The van der Waals surface area contributed by atoms with E-state index in [1.807, 2.05) is 6.07 Å². The second kappa shape index (κ2) is 7.75. The summed E-state index contributed by atoms with van der Waals surface area (Å²) >= 11 is 2.31. The van der Waals surface area contributed by atoms with E-state index in [0.29, 0.717) is 5.92 Å². The number of rotatable bonds is 4. The average molecular weight is 525 g/mol. The highest BCUT2D eigenvalue weighted by atomic mass is 127. The molecular weight excluding hydrogens is 501 g/mol. The van der Waals surface area contributed by atoms with Gasteiger partial charge in [-0.15, -0.1) is 0 Å². The minimum Gasteiger partial charge on any atom is -0.493 e. The van der Waals surface area contributed by atoms with Crippen LogP contribution in [0.5, 0.6) is 11.5 Å². The number of methoxy groups -OCH3 is 2. The Morgan fingerprint density at radius 1 is 1.06 bits per heavy atom. The zero-order chi connectivity index (χ0) is 21.7. The molecular formula is C25H24IN3O2. The fourth-order valence-corrected chi connectivity index (χ4v) is 6.02. The SMILES string of the molecule is COc1cc(C2Nc3ccc(C(=N)N)cc3C3c4ccccc4CC23)cc(I)c1OC. The molecule has 1 heterocycles. The first-order valence-electron chi connectivity index (χ1n) is 10.3. The number of benzene rings is 3. The summed E-state index contributed by atoms with van der Waals surface area (Å²) in [5, 5.41) is 11.7. The van der Waals surface area contributed by atoms with Crippen molar-refractivity contribution >= 4 is 34.1 Å². The van der Waals surface area contributed by atoms with Crippen LogP contribution in [-0.2, 0) is 6.42 Å². The molecule has 6 heteroatoms. The van der Waals surface area contributed by atoms with E-state index in [1.165, 1.54) is 22.3 Å². The Hall–Kier alpha value is -2.74. The van der Waals surface area contributed by atoms with Gasteiger partial charge in [0.25, 0.3) is 0 Å². The van der Waals surface area contributed by atoms with E-state index in [-0.39, 0.29) is 17.8 Å². The maximum Gasteiger partial charge on any atom is 0.174 e. The minimum atomic E-state index is 0.0993. The molecule has 0 bridgehead atoms. The van der Waals surface area contributed by atoms with E-state index in [0.717, 1.165) is 32.7 Å². The van der Waals surface area contributed by atoms with Crippen LogP contribution in [0.1, 0.15) is 39.8 Å². The van der Waals surface area contributed by atoms with Crippen LogP contribution in [0.15, 0.2) is 54.6 Å². The predicted octanol–water partition coefficient (Wildman–Crippen LogP) is 5.06. The zero-order valence-corrected chi connectivity index (χ0v) is 19.6. The average Bonchev–Trinajstić information content (AvgIpc) is 3.17. The fraction of sp³-hybridized carbons (Fsp3) is 0.240. The van der Waals surface area contributed by atoms with Gasteiger partial charge < -0.3 is 20.5 Å². The first-order chi connectivity index (χ1) is 15.0. The van der Waals surface area contributed by atoms with Crippen molar-refractivity contribution in [1.29, 1.82) is 5.41 Å². The number of hydrogen-bond donors (Lipinski definition) is 3. The number of nitrogens with one attached hydrogen (secondary N) is 2. The molecule has 1 aliphatic heterocycles. The Bertz CT molecular complexity index is 1190. The molecule has 2 aliphatic rings. The van der Waals surface area contributed by atoms with Gasteiger partial charge in [-0.05, 0) is 87.5 Å². The van der Waals surface area contributed by atoms with E-state index in [4.69, 9.17) is 20.6 Å². The quantitative estimate of drug-likeness (QED) is 0.253. The van der Waals surface area contributed by atoms with Gasteiger partial charge in [-0.1, -0.05) is 24.3 Å². The second-order valence-electron chi connectivity index (χ2n) is 8.12. The highest BCUT2D eigenvalue weighted by molar-refractivity contribution is 14.1. The summed E-state index contributed by atoms with van der Waals surface area (Å²) in [4.78, 5) is 0. The van der Waals surface area contributed by atoms with Gasteiger partial charge in [0.1, 0.15) is 5.84 Å². The van der Waals surface area contributed by atoms with Crippen molar-refractivity contribution in [2.45, 2.75) is 18.4 Å². The molecule has 3 aromatic rings. The third kappa shape index (κ3) is 3.24. The van der Waals surface area contributed by atoms with E-state index in [1.54, 1.807) is 14.2 Å². The van der Waals surface area contributed by atoms with Crippen LogP contribution in [0.2, 0.25) is 0 Å². The molecule has 0 saturated heterocycles. The predicted molar refractivity (Wildman–Crippen MR) is 132 cm³/mol. The van der Waals surface area contributed by atoms with Crippen LogP contribution in [0, 0.1) is 14.9 Å². The normalized spacial score (nSPS) is 20.8. The molecule has 1 aliphatic carbocycles. The maximum atomic E-state index is 7.90. The number of ether oxygens (including phenoxy) is 2. The lowest BCUT2D eigenvalue weighted by Gasteiger charge is -2.38. The monoisotopic (exact) mass is 525 g/mol. The Labute approximate surface area is 195 Å². The highest BCUT2D eigenvalue weighted by Gasteiger charge is 2.43. The number of anilines is 1. The van der Waals surface area contributed by atoms with Crippen molar-refractivity contribution in [3.8, 4) is 11.5 Å². The van der Waals surface area contributed by atoms with E-state index in [2.05, 4.69) is 76.4 Å². The number of nitrogen functional groups attached to an aromatic ring is 1. The lowest BCUT2D eigenvalue weighted by Crippen LogP contribution is -2.31. The van der Waals surface area contributed by atoms with Crippen LogP contribution < -0.4 is 20.5 Å². The maximum absolute atomic E-state index is 7.90. The Kier molecular flexibility index (Phi) is 5.04. The van der Waals surface area contributed by atoms with Gasteiger partial charge in [-0.25, -0.2) is 0 Å². The molecule has 0 radical (unpaired) electrons. The smallest absolute Gasteiger partial charge is 0.174 e. The van der Waals surface area contributed by atoms with Gasteiger partial charge in [0.2, 0.25) is 0 Å². The molecule has 0 fully saturated rings. The van der Waals surface area contributed by atoms with Crippen molar-refractivity contribution in [2.75, 3.05) is 19.5 Å². The van der Waals surface area contributed by atoms with Crippen LogP contribution in [-0.4, -0.2) is 20.1 Å². The molecule has 158 valence electrons. The number of amidine groups is 1. The summed E-state index contributed by atoms with van der Waals surface area (Å²) in [5.41, 5.74) is 12.8. The lowest BCUT2D eigenvalue weighted by molar-refractivity contribution is 0.350. The van der Waals surface area contributed by atoms with Gasteiger partial charge in [-0.2, -0.15) is 0 Å². The lowest BCUT2D eigenvalue weighted by atomic mass is 9.75. The highest BCUT2D eigenvalue weighted by Crippen LogP contribution is 2.54. The molecule has 3 atom stereocenters. The van der Waals surface area contributed by atoms with Crippen LogP contribution in [0.25, 0.3) is 0 Å². The van der Waals surface area contributed by atoms with Gasteiger partial charge in [0.05, 0.1) is 23.8 Å². The second-order valence-corrected chi connectivity index (χ2v) is 9.28. The van der Waals surface area contributed by atoms with Crippen LogP contribution in [0.3, 0.4) is 0 Å². The summed E-state index contributed by atoms with van der Waals surface area (Å²) in [6, 6.07) is 19.2. The third-order valence-corrected chi connectivity index (χ3v) is 7.33. The summed E-state index contributed by atoms with van der Waals surface area (Å²) in [7, 11) is 3.35. The summed E-state index contributed by atoms with van der Waals surface area (Å²) < 4.78 is 12.2. The molecule has 5 rings (SSSR count). The number of hydrogen-bond acceptors (Lipinski definition) is 4. The largest absolute Gasteiger partial charge is 0.493 e. The Morgan fingerprint density at radius 2 is 1.87 bits per heavy atom. The Morgan fingerprint density at radius 3 is 2.61 bits per heavy atom. The van der Waals surface area contributed by atoms with Gasteiger partial charge in [0.15, 0.2) is 11.5 Å². The Balaban J connectivity index is 1.67. The van der Waals surface area contributed by atoms with Crippen molar-refractivity contribution in [1.82, 2.24) is 0 Å². The van der Waals surface area contributed by atoms with Crippen molar-refractivity contribution in [3.63, 3.8) is 0 Å². The van der Waals surface area contributed by atoms with Gasteiger partial charge in [0, 0.05) is 17.2 Å². The number of halogens is 1. The zero-order valence-electron chi connectivity index (χ0n) is 17.4. The molecule has 0 spiro atoms. The van der Waals surface area contributed by atoms with Crippen molar-refractivity contribution < 1.29 is 9.47 Å². The van der Waals surface area contributed by atoms with Gasteiger partial charge >= 0.3 is 0 Å². The summed E-state index contributed by atoms with van der Waals surface area (Å²) in [5.74, 6) is 2.21. The molecule has 31 heavy (non-hydrogen) atoms. The molecule has 5 nitrogen and oxygen atoms in total. The first kappa shape index (κ1) is 20.2. The fourth-order valence-electron chi connectivity index (χ4n) is 5.18. The van der Waals surface area contributed by atoms with E-state index >= 15 is 0 Å². The summed E-state index contributed by atoms with van der Waals surface area (Å²) in [6.07, 6.45) is 0.993. The molecule has 3 aromatic carbocycles. The third-order valence-electron chi connectivity index (χ3n) is 6.53. The number of nitrogens with two attached hydrogens (primary N) is 1. The van der Waals surface area contributed by atoms with Crippen LogP contribution >= 0.6 is 22.6 Å². The first-order valence-corrected chi connectivity index (χ1v) is 11.3. The minimum absolute atomic E-state index is 0.0993. The summed E-state index contributed by atoms with van der Waals surface area (Å²) in [6.45, 7) is 0. The molecule has 3 unspecified atom stereocenters. The molecule has 0 aromatic heterocycles.